The maximum absolute atomic E-state index is 10.9. The van der Waals surface area contributed by atoms with E-state index in [0.717, 1.165) is 17.6 Å². The normalized spacial score (nSPS) is 16.7. The highest BCUT2D eigenvalue weighted by Gasteiger charge is 2.15. The van der Waals surface area contributed by atoms with Gasteiger partial charge in [0.1, 0.15) is 4.88 Å². The van der Waals surface area contributed by atoms with Gasteiger partial charge in [0.2, 0.25) is 0 Å². The molecule has 0 radical (unpaired) electrons. The Morgan fingerprint density at radius 1 is 1.44 bits per heavy atom. The van der Waals surface area contributed by atoms with E-state index in [0.29, 0.717) is 10.6 Å². The van der Waals surface area contributed by atoms with Gasteiger partial charge in [0, 0.05) is 6.54 Å². The maximum Gasteiger partial charge on any atom is 0.347 e. The highest BCUT2D eigenvalue weighted by molar-refractivity contribution is 7.17. The highest BCUT2D eigenvalue weighted by Crippen LogP contribution is 2.27. The lowest BCUT2D eigenvalue weighted by Crippen LogP contribution is -2.12. The molecule has 0 spiro atoms. The largest absolute Gasteiger partial charge is 0.477 e. The minimum absolute atomic E-state index is 0.343. The second-order valence-electron chi connectivity index (χ2n) is 4.96. The van der Waals surface area contributed by atoms with Gasteiger partial charge in [-0.15, -0.1) is 0 Å². The van der Waals surface area contributed by atoms with E-state index in [1.807, 2.05) is 0 Å². The number of carbonyl (C=O) groups is 1. The molecule has 0 aliphatic heterocycles. The van der Waals surface area contributed by atoms with Crippen LogP contribution in [0.1, 0.15) is 53.9 Å². The third kappa shape index (κ3) is 3.45. The van der Waals surface area contributed by atoms with Crippen LogP contribution in [0.2, 0.25) is 0 Å². The van der Waals surface area contributed by atoms with E-state index in [1.165, 1.54) is 49.9 Å². The van der Waals surface area contributed by atoms with E-state index in [4.69, 9.17) is 5.11 Å². The fourth-order valence-electron chi connectivity index (χ4n) is 2.53. The second kappa shape index (κ2) is 6.18. The summed E-state index contributed by atoms with van der Waals surface area (Å²) in [6.45, 7) is 2.64. The summed E-state index contributed by atoms with van der Waals surface area (Å²) >= 11 is 1.23. The Morgan fingerprint density at radius 3 is 2.78 bits per heavy atom. The molecule has 2 rings (SSSR count). The average Bonchev–Trinajstić information content (AvgIpc) is 2.72. The van der Waals surface area contributed by atoms with Crippen LogP contribution in [0.4, 0.5) is 5.13 Å². The Bertz CT molecular complexity index is 411. The zero-order valence-corrected chi connectivity index (χ0v) is 11.6. The quantitative estimate of drug-likeness (QED) is 0.857. The summed E-state index contributed by atoms with van der Waals surface area (Å²) < 4.78 is 0. The van der Waals surface area contributed by atoms with Crippen LogP contribution in [-0.2, 0) is 0 Å². The van der Waals surface area contributed by atoms with Gasteiger partial charge < -0.3 is 10.4 Å². The first-order chi connectivity index (χ1) is 8.66. The molecule has 4 nitrogen and oxygen atoms in total. The Labute approximate surface area is 111 Å². The van der Waals surface area contributed by atoms with Crippen molar-refractivity contribution in [3.8, 4) is 0 Å². The molecule has 0 unspecified atom stereocenters. The summed E-state index contributed by atoms with van der Waals surface area (Å²) in [6.07, 6.45) is 7.98. The summed E-state index contributed by atoms with van der Waals surface area (Å²) in [6, 6.07) is 0. The van der Waals surface area contributed by atoms with Crippen molar-refractivity contribution in [2.75, 3.05) is 11.9 Å². The van der Waals surface area contributed by atoms with Crippen LogP contribution in [0.3, 0.4) is 0 Å². The summed E-state index contributed by atoms with van der Waals surface area (Å²) in [5.74, 6) is -0.0448. The van der Waals surface area contributed by atoms with Gasteiger partial charge in [-0.05, 0) is 19.3 Å². The first-order valence-corrected chi connectivity index (χ1v) is 7.43. The number of nitrogens with zero attached hydrogens (tertiary/aromatic N) is 1. The molecular formula is C13H20N2O2S. The topological polar surface area (TPSA) is 62.2 Å². The van der Waals surface area contributed by atoms with Crippen molar-refractivity contribution < 1.29 is 9.90 Å². The fraction of sp³-hybridized carbons (Fsp3) is 0.692. The number of thiazole rings is 1. The van der Waals surface area contributed by atoms with Gasteiger partial charge in [0.05, 0.1) is 5.69 Å². The standard InChI is InChI=1S/C13H20N2O2S/c1-9-11(12(16)17)18-13(15-9)14-8-7-10-5-3-2-4-6-10/h10H,2-8H2,1H3,(H,14,15)(H,16,17). The zero-order chi connectivity index (χ0) is 13.0. The van der Waals surface area contributed by atoms with Gasteiger partial charge >= 0.3 is 5.97 Å². The smallest absolute Gasteiger partial charge is 0.347 e. The molecule has 0 amide bonds. The van der Waals surface area contributed by atoms with Crippen molar-refractivity contribution in [3.63, 3.8) is 0 Å². The third-order valence-electron chi connectivity index (χ3n) is 3.54. The number of aromatic carboxylic acids is 1. The molecular weight excluding hydrogens is 248 g/mol. The van der Waals surface area contributed by atoms with Gasteiger partial charge in [-0.3, -0.25) is 0 Å². The Morgan fingerprint density at radius 2 is 2.17 bits per heavy atom. The number of hydrogen-bond acceptors (Lipinski definition) is 4. The summed E-state index contributed by atoms with van der Waals surface area (Å²) in [4.78, 5) is 15.5. The number of carboxylic acid groups (broad SMARTS) is 1. The molecule has 1 aliphatic rings. The van der Waals surface area contributed by atoms with Crippen molar-refractivity contribution in [3.05, 3.63) is 10.6 Å². The van der Waals surface area contributed by atoms with E-state index in [9.17, 15) is 4.79 Å². The lowest BCUT2D eigenvalue weighted by atomic mass is 9.87. The molecule has 0 saturated heterocycles. The molecule has 5 heteroatoms. The lowest BCUT2D eigenvalue weighted by Gasteiger charge is -2.21. The highest BCUT2D eigenvalue weighted by atomic mass is 32.1. The molecule has 1 aromatic heterocycles. The fourth-order valence-corrected chi connectivity index (χ4v) is 3.36. The molecule has 100 valence electrons. The third-order valence-corrected chi connectivity index (χ3v) is 4.65. The van der Waals surface area contributed by atoms with Gasteiger partial charge in [-0.1, -0.05) is 43.4 Å². The predicted molar refractivity (Wildman–Crippen MR) is 73.5 cm³/mol. The summed E-state index contributed by atoms with van der Waals surface area (Å²) in [5, 5.41) is 12.9. The number of rotatable bonds is 5. The molecule has 1 heterocycles. The van der Waals surface area contributed by atoms with Crippen molar-refractivity contribution >= 4 is 22.4 Å². The van der Waals surface area contributed by atoms with Crippen molar-refractivity contribution in [1.82, 2.24) is 4.98 Å². The van der Waals surface area contributed by atoms with Crippen LogP contribution in [-0.4, -0.2) is 22.6 Å². The second-order valence-corrected chi connectivity index (χ2v) is 5.96. The number of aromatic nitrogens is 1. The van der Waals surface area contributed by atoms with Crippen LogP contribution in [0.15, 0.2) is 0 Å². The molecule has 1 fully saturated rings. The first-order valence-electron chi connectivity index (χ1n) is 6.61. The Hall–Kier alpha value is -1.10. The van der Waals surface area contributed by atoms with Crippen LogP contribution in [0.25, 0.3) is 0 Å². The van der Waals surface area contributed by atoms with Crippen LogP contribution in [0.5, 0.6) is 0 Å². The van der Waals surface area contributed by atoms with Crippen molar-refractivity contribution in [1.29, 1.82) is 0 Å². The first kappa shape index (κ1) is 13.3. The number of anilines is 1. The van der Waals surface area contributed by atoms with E-state index >= 15 is 0 Å². The monoisotopic (exact) mass is 268 g/mol. The number of carboxylic acids is 1. The Balaban J connectivity index is 1.79. The van der Waals surface area contributed by atoms with E-state index < -0.39 is 5.97 Å². The van der Waals surface area contributed by atoms with Crippen LogP contribution in [0, 0.1) is 12.8 Å². The van der Waals surface area contributed by atoms with Crippen LogP contribution >= 0.6 is 11.3 Å². The molecule has 1 aromatic rings. The minimum atomic E-state index is -0.884. The van der Waals surface area contributed by atoms with Gasteiger partial charge in [-0.2, -0.15) is 0 Å². The number of nitrogens with one attached hydrogen (secondary N) is 1. The van der Waals surface area contributed by atoms with E-state index in [-0.39, 0.29) is 0 Å². The molecule has 2 N–H and O–H groups in total. The van der Waals surface area contributed by atoms with Gasteiger partial charge in [0.25, 0.3) is 0 Å². The van der Waals surface area contributed by atoms with Crippen LogP contribution < -0.4 is 5.32 Å². The SMILES string of the molecule is Cc1nc(NCCC2CCCCC2)sc1C(=O)O. The predicted octanol–water partition coefficient (Wildman–Crippen LogP) is 3.53. The van der Waals surface area contributed by atoms with E-state index in [2.05, 4.69) is 10.3 Å². The van der Waals surface area contributed by atoms with E-state index in [1.54, 1.807) is 6.92 Å². The van der Waals surface area contributed by atoms with Gasteiger partial charge in [0.15, 0.2) is 5.13 Å². The minimum Gasteiger partial charge on any atom is -0.477 e. The van der Waals surface area contributed by atoms with Crippen molar-refractivity contribution in [2.45, 2.75) is 45.4 Å². The molecule has 18 heavy (non-hydrogen) atoms. The zero-order valence-electron chi connectivity index (χ0n) is 10.7. The Kier molecular flexibility index (Phi) is 4.58. The molecule has 1 saturated carbocycles. The van der Waals surface area contributed by atoms with Gasteiger partial charge in [-0.25, -0.2) is 9.78 Å². The molecule has 0 bridgehead atoms. The molecule has 1 aliphatic carbocycles. The maximum atomic E-state index is 10.9. The average molecular weight is 268 g/mol. The summed E-state index contributed by atoms with van der Waals surface area (Å²) in [5.41, 5.74) is 0.604. The molecule has 0 atom stereocenters. The number of aryl methyl sites for hydroxylation is 1. The molecule has 0 aromatic carbocycles. The summed E-state index contributed by atoms with van der Waals surface area (Å²) in [7, 11) is 0. The lowest BCUT2D eigenvalue weighted by molar-refractivity contribution is 0.0701. The van der Waals surface area contributed by atoms with Crippen molar-refractivity contribution in [2.24, 2.45) is 5.92 Å². The number of hydrogen-bond donors (Lipinski definition) is 2.